The maximum absolute atomic E-state index is 13.8. The maximum Gasteiger partial charge on any atom is 0.272 e. The summed E-state index contributed by atoms with van der Waals surface area (Å²) in [6.45, 7) is 6.04. The van der Waals surface area contributed by atoms with Crippen LogP contribution in [0.2, 0.25) is 0 Å². The lowest BCUT2D eigenvalue weighted by atomic mass is 9.87. The molecule has 2 aliphatic rings. The normalized spacial score (nSPS) is 25.5. The summed E-state index contributed by atoms with van der Waals surface area (Å²) in [5.41, 5.74) is 4.18. The van der Waals surface area contributed by atoms with Crippen molar-refractivity contribution in [1.82, 2.24) is 19.6 Å². The molecule has 5 heteroatoms. The van der Waals surface area contributed by atoms with Gasteiger partial charge in [-0.15, -0.1) is 0 Å². The Morgan fingerprint density at radius 3 is 2.59 bits per heavy atom. The third-order valence-corrected chi connectivity index (χ3v) is 7.03. The highest BCUT2D eigenvalue weighted by atomic mass is 16.2. The Hall–Kier alpha value is -2.14. The van der Waals surface area contributed by atoms with E-state index in [-0.39, 0.29) is 11.9 Å². The van der Waals surface area contributed by atoms with Crippen molar-refractivity contribution in [3.05, 3.63) is 52.8 Å². The zero-order valence-corrected chi connectivity index (χ0v) is 18.3. The smallest absolute Gasteiger partial charge is 0.272 e. The van der Waals surface area contributed by atoms with Gasteiger partial charge >= 0.3 is 0 Å². The third kappa shape index (κ3) is 3.61. The summed E-state index contributed by atoms with van der Waals surface area (Å²) in [5.74, 6) is 0.507. The number of likely N-dealkylation sites (tertiary alicyclic amines) is 2. The number of hydrogen-bond acceptors (Lipinski definition) is 3. The lowest BCUT2D eigenvalue weighted by Gasteiger charge is -2.37. The van der Waals surface area contributed by atoms with Crippen LogP contribution in [0.15, 0.2) is 30.3 Å². The Balaban J connectivity index is 1.73. The first-order chi connectivity index (χ1) is 14.0. The van der Waals surface area contributed by atoms with E-state index in [4.69, 9.17) is 0 Å². The number of carbonyl (C=O) groups excluding carboxylic acids is 1. The number of benzene rings is 1. The molecule has 2 fully saturated rings. The monoisotopic (exact) mass is 394 g/mol. The van der Waals surface area contributed by atoms with Crippen LogP contribution in [0.4, 0.5) is 0 Å². The molecule has 0 radical (unpaired) electrons. The van der Waals surface area contributed by atoms with Crippen molar-refractivity contribution in [2.45, 2.75) is 64.0 Å². The predicted molar refractivity (Wildman–Crippen MR) is 116 cm³/mol. The van der Waals surface area contributed by atoms with Crippen LogP contribution >= 0.6 is 0 Å². The summed E-state index contributed by atoms with van der Waals surface area (Å²) in [6, 6.07) is 11.4. The number of hydrogen-bond donors (Lipinski definition) is 0. The van der Waals surface area contributed by atoms with Crippen LogP contribution in [-0.4, -0.2) is 57.7 Å². The molecule has 0 saturated carbocycles. The molecule has 0 spiro atoms. The fraction of sp³-hybridized carbons (Fsp3) is 0.583. The molecule has 3 heterocycles. The van der Waals surface area contributed by atoms with Crippen LogP contribution in [0.5, 0.6) is 0 Å². The SMILES string of the molecule is CCc1nn(C)c(C(=O)N2C[C@@H](c3ccccc3)[C@H]3[C@H]2CCCCCN3C)c1C. The standard InChI is InChI=1S/C24H34N4O/c1-5-20-17(2)22(27(4)25-20)24(29)28-16-19(18-12-8-6-9-13-18)23-21(28)14-10-7-11-15-26(23)3/h6,8-9,12-13,19,21,23H,5,7,10-11,14-16H2,1-4H3/t19-,21+,23-/m0/s1. The van der Waals surface area contributed by atoms with Crippen molar-refractivity contribution in [3.8, 4) is 0 Å². The molecule has 2 aliphatic heterocycles. The minimum Gasteiger partial charge on any atom is -0.332 e. The quantitative estimate of drug-likeness (QED) is 0.796. The minimum absolute atomic E-state index is 0.152. The molecule has 3 atom stereocenters. The van der Waals surface area contributed by atoms with Gasteiger partial charge in [-0.05, 0) is 45.3 Å². The van der Waals surface area contributed by atoms with Crippen LogP contribution in [-0.2, 0) is 13.5 Å². The molecule has 1 aromatic carbocycles. The molecule has 2 aromatic rings. The average molecular weight is 395 g/mol. The highest BCUT2D eigenvalue weighted by Crippen LogP contribution is 2.39. The highest BCUT2D eigenvalue weighted by molar-refractivity contribution is 5.95. The molecular formula is C24H34N4O. The molecule has 156 valence electrons. The maximum atomic E-state index is 13.8. The van der Waals surface area contributed by atoms with Gasteiger partial charge in [-0.1, -0.05) is 50.1 Å². The van der Waals surface area contributed by atoms with E-state index in [1.807, 2.05) is 14.0 Å². The van der Waals surface area contributed by atoms with Gasteiger partial charge in [-0.3, -0.25) is 9.48 Å². The molecule has 1 amide bonds. The number of aromatic nitrogens is 2. The number of rotatable bonds is 3. The molecule has 4 rings (SSSR count). The first-order valence-electron chi connectivity index (χ1n) is 11.1. The van der Waals surface area contributed by atoms with Gasteiger partial charge in [0.25, 0.3) is 5.91 Å². The topological polar surface area (TPSA) is 41.4 Å². The number of aryl methyl sites for hydroxylation is 2. The summed E-state index contributed by atoms with van der Waals surface area (Å²) >= 11 is 0. The first kappa shape index (κ1) is 20.1. The molecule has 29 heavy (non-hydrogen) atoms. The number of carbonyl (C=O) groups is 1. The zero-order chi connectivity index (χ0) is 20.5. The molecule has 5 nitrogen and oxygen atoms in total. The molecular weight excluding hydrogens is 360 g/mol. The Morgan fingerprint density at radius 1 is 1.14 bits per heavy atom. The molecule has 0 bridgehead atoms. The number of amides is 1. The van der Waals surface area contributed by atoms with E-state index in [0.29, 0.717) is 12.0 Å². The average Bonchev–Trinajstić information content (AvgIpc) is 3.23. The molecule has 2 saturated heterocycles. The van der Waals surface area contributed by atoms with Crippen molar-refractivity contribution in [2.24, 2.45) is 7.05 Å². The van der Waals surface area contributed by atoms with E-state index in [1.165, 1.54) is 24.8 Å². The molecule has 1 aromatic heterocycles. The summed E-state index contributed by atoms with van der Waals surface area (Å²) in [5, 5.41) is 4.61. The van der Waals surface area contributed by atoms with Crippen molar-refractivity contribution in [1.29, 1.82) is 0 Å². The van der Waals surface area contributed by atoms with E-state index >= 15 is 0 Å². The summed E-state index contributed by atoms with van der Waals surface area (Å²) in [7, 11) is 4.16. The second-order valence-corrected chi connectivity index (χ2v) is 8.76. The first-order valence-corrected chi connectivity index (χ1v) is 11.1. The molecule has 0 unspecified atom stereocenters. The van der Waals surface area contributed by atoms with E-state index in [1.54, 1.807) is 4.68 Å². The van der Waals surface area contributed by atoms with E-state index in [9.17, 15) is 4.79 Å². The van der Waals surface area contributed by atoms with Crippen molar-refractivity contribution in [2.75, 3.05) is 20.1 Å². The Kier molecular flexibility index (Phi) is 5.77. The van der Waals surface area contributed by atoms with E-state index in [2.05, 4.69) is 59.2 Å². The van der Waals surface area contributed by atoms with Gasteiger partial charge in [0.15, 0.2) is 0 Å². The molecule has 0 N–H and O–H groups in total. The summed E-state index contributed by atoms with van der Waals surface area (Å²) in [4.78, 5) is 18.5. The summed E-state index contributed by atoms with van der Waals surface area (Å²) in [6.07, 6.45) is 5.63. The van der Waals surface area contributed by atoms with Crippen molar-refractivity contribution in [3.63, 3.8) is 0 Å². The zero-order valence-electron chi connectivity index (χ0n) is 18.3. The Morgan fingerprint density at radius 2 is 1.90 bits per heavy atom. The van der Waals surface area contributed by atoms with Crippen molar-refractivity contribution < 1.29 is 4.79 Å². The second-order valence-electron chi connectivity index (χ2n) is 8.76. The van der Waals surface area contributed by atoms with Crippen LogP contribution in [0.25, 0.3) is 0 Å². The van der Waals surface area contributed by atoms with Crippen LogP contribution in [0, 0.1) is 6.92 Å². The van der Waals surface area contributed by atoms with Gasteiger partial charge < -0.3 is 9.80 Å². The van der Waals surface area contributed by atoms with E-state index < -0.39 is 0 Å². The van der Waals surface area contributed by atoms with Gasteiger partial charge in [0.05, 0.1) is 5.69 Å². The number of fused-ring (bicyclic) bond motifs is 1. The van der Waals surface area contributed by atoms with Crippen LogP contribution < -0.4 is 0 Å². The van der Waals surface area contributed by atoms with E-state index in [0.717, 1.165) is 42.9 Å². The van der Waals surface area contributed by atoms with Crippen LogP contribution in [0.1, 0.15) is 65.8 Å². The lowest BCUT2D eigenvalue weighted by Crippen LogP contribution is -2.48. The summed E-state index contributed by atoms with van der Waals surface area (Å²) < 4.78 is 1.80. The Bertz CT molecular complexity index is 859. The van der Waals surface area contributed by atoms with Gasteiger partial charge in [0.2, 0.25) is 0 Å². The second kappa shape index (κ2) is 8.31. The van der Waals surface area contributed by atoms with Gasteiger partial charge in [-0.25, -0.2) is 0 Å². The lowest BCUT2D eigenvalue weighted by molar-refractivity contribution is 0.0658. The number of nitrogens with zero attached hydrogens (tertiary/aromatic N) is 4. The largest absolute Gasteiger partial charge is 0.332 e. The highest BCUT2D eigenvalue weighted by Gasteiger charge is 2.47. The van der Waals surface area contributed by atoms with Gasteiger partial charge in [0.1, 0.15) is 5.69 Å². The predicted octanol–water partition coefficient (Wildman–Crippen LogP) is 3.77. The van der Waals surface area contributed by atoms with Gasteiger partial charge in [-0.2, -0.15) is 5.10 Å². The molecule has 0 aliphatic carbocycles. The van der Waals surface area contributed by atoms with Crippen molar-refractivity contribution >= 4 is 5.91 Å². The number of likely N-dealkylation sites (N-methyl/N-ethyl adjacent to an activating group) is 1. The Labute approximate surface area is 174 Å². The third-order valence-electron chi connectivity index (χ3n) is 7.03. The fourth-order valence-corrected chi connectivity index (χ4v) is 5.57. The van der Waals surface area contributed by atoms with Crippen LogP contribution in [0.3, 0.4) is 0 Å². The fourth-order valence-electron chi connectivity index (χ4n) is 5.57. The van der Waals surface area contributed by atoms with Gasteiger partial charge in [0, 0.05) is 37.2 Å². The minimum atomic E-state index is 0.152.